The zero-order chi connectivity index (χ0) is 11.7. The summed E-state index contributed by atoms with van der Waals surface area (Å²) in [5.74, 6) is 0.844. The molecule has 0 radical (unpaired) electrons. The van der Waals surface area contributed by atoms with Gasteiger partial charge in [-0.15, -0.1) is 0 Å². The Kier molecular flexibility index (Phi) is 2.56. The summed E-state index contributed by atoms with van der Waals surface area (Å²) >= 11 is 0. The molecule has 0 aliphatic carbocycles. The van der Waals surface area contributed by atoms with Crippen LogP contribution in [0.3, 0.4) is 0 Å². The van der Waals surface area contributed by atoms with Gasteiger partial charge in [-0.05, 0) is 19.1 Å². The van der Waals surface area contributed by atoms with Crippen LogP contribution in [-0.2, 0) is 0 Å². The van der Waals surface area contributed by atoms with Crippen molar-refractivity contribution in [3.05, 3.63) is 29.7 Å². The number of carbonyl (C=O) groups is 1. The Morgan fingerprint density at radius 1 is 1.31 bits per heavy atom. The Bertz CT molecular complexity index is 564. The fraction of sp³-hybridized carbons (Fsp3) is 0.250. The maximum atomic E-state index is 11.2. The first kappa shape index (κ1) is 10.5. The van der Waals surface area contributed by atoms with E-state index < -0.39 is 0 Å². The first-order chi connectivity index (χ1) is 7.63. The molecule has 0 N–H and O–H groups in total. The lowest BCUT2D eigenvalue weighted by atomic mass is 10.1. The fourth-order valence-electron chi connectivity index (χ4n) is 1.66. The van der Waals surface area contributed by atoms with Gasteiger partial charge in [0.1, 0.15) is 5.75 Å². The van der Waals surface area contributed by atoms with Crippen molar-refractivity contribution in [2.24, 2.45) is 0 Å². The van der Waals surface area contributed by atoms with Crippen molar-refractivity contribution in [1.82, 2.24) is 9.97 Å². The number of aromatic nitrogens is 2. The van der Waals surface area contributed by atoms with Gasteiger partial charge in [0.15, 0.2) is 11.6 Å². The predicted octanol–water partition coefficient (Wildman–Crippen LogP) is 2.15. The molecule has 0 saturated heterocycles. The first-order valence-corrected chi connectivity index (χ1v) is 4.95. The molecule has 1 aromatic heterocycles. The van der Waals surface area contributed by atoms with Gasteiger partial charge < -0.3 is 4.74 Å². The van der Waals surface area contributed by atoms with Gasteiger partial charge >= 0.3 is 0 Å². The fourth-order valence-corrected chi connectivity index (χ4v) is 1.66. The lowest BCUT2D eigenvalue weighted by Gasteiger charge is -2.07. The Morgan fingerprint density at radius 2 is 2.06 bits per heavy atom. The van der Waals surface area contributed by atoms with E-state index in [2.05, 4.69) is 9.97 Å². The van der Waals surface area contributed by atoms with Crippen LogP contribution in [0.1, 0.15) is 23.2 Å². The highest BCUT2D eigenvalue weighted by Gasteiger charge is 2.11. The van der Waals surface area contributed by atoms with Crippen LogP contribution in [0.15, 0.2) is 18.2 Å². The number of methoxy groups -OCH3 is 1. The van der Waals surface area contributed by atoms with Crippen LogP contribution >= 0.6 is 0 Å². The largest absolute Gasteiger partial charge is 0.496 e. The topological polar surface area (TPSA) is 52.1 Å². The molecule has 1 heterocycles. The lowest BCUT2D eigenvalue weighted by molar-refractivity contribution is 0.100. The van der Waals surface area contributed by atoms with E-state index in [1.54, 1.807) is 7.11 Å². The number of hydrogen-bond donors (Lipinski definition) is 0. The third-order valence-electron chi connectivity index (χ3n) is 2.40. The smallest absolute Gasteiger partial charge is 0.196 e. The molecule has 82 valence electrons. The molecule has 0 unspecified atom stereocenters. The van der Waals surface area contributed by atoms with E-state index in [1.807, 2.05) is 25.1 Å². The summed E-state index contributed by atoms with van der Waals surface area (Å²) in [6, 6.07) is 5.54. The van der Waals surface area contributed by atoms with E-state index in [0.29, 0.717) is 0 Å². The van der Waals surface area contributed by atoms with Crippen molar-refractivity contribution in [3.8, 4) is 5.75 Å². The Morgan fingerprint density at radius 3 is 2.69 bits per heavy atom. The van der Waals surface area contributed by atoms with Crippen LogP contribution < -0.4 is 4.74 Å². The number of hydrogen-bond acceptors (Lipinski definition) is 4. The number of Topliss-reactive ketones (excluding diaryl/α,β-unsaturated/α-hetero) is 1. The van der Waals surface area contributed by atoms with E-state index in [0.717, 1.165) is 22.3 Å². The monoisotopic (exact) mass is 216 g/mol. The number of carbonyl (C=O) groups excluding carboxylic acids is 1. The van der Waals surface area contributed by atoms with Crippen LogP contribution in [0.25, 0.3) is 10.9 Å². The summed E-state index contributed by atoms with van der Waals surface area (Å²) in [5, 5.41) is 0.856. The summed E-state index contributed by atoms with van der Waals surface area (Å²) in [7, 11) is 1.60. The van der Waals surface area contributed by atoms with Gasteiger partial charge in [0.05, 0.1) is 23.7 Å². The van der Waals surface area contributed by atoms with Gasteiger partial charge in [-0.1, -0.05) is 6.07 Å². The van der Waals surface area contributed by atoms with Crippen LogP contribution in [0.4, 0.5) is 0 Å². The average Bonchev–Trinajstić information content (AvgIpc) is 2.27. The highest BCUT2D eigenvalue weighted by atomic mass is 16.5. The summed E-state index contributed by atoms with van der Waals surface area (Å²) in [6.45, 7) is 3.31. The molecule has 0 aliphatic heterocycles. The Hall–Kier alpha value is -1.97. The second-order valence-electron chi connectivity index (χ2n) is 3.54. The number of nitrogens with zero attached hydrogens (tertiary/aromatic N) is 2. The van der Waals surface area contributed by atoms with E-state index in [9.17, 15) is 4.79 Å². The number of ketones is 1. The molecule has 0 amide bonds. The van der Waals surface area contributed by atoms with Gasteiger partial charge in [-0.2, -0.15) is 0 Å². The normalized spacial score (nSPS) is 10.4. The van der Waals surface area contributed by atoms with Crippen molar-refractivity contribution in [3.63, 3.8) is 0 Å². The van der Waals surface area contributed by atoms with Crippen molar-refractivity contribution in [2.75, 3.05) is 7.11 Å². The van der Waals surface area contributed by atoms with Crippen molar-refractivity contribution < 1.29 is 9.53 Å². The van der Waals surface area contributed by atoms with Gasteiger partial charge in [-0.3, -0.25) is 4.79 Å². The number of benzene rings is 1. The predicted molar refractivity (Wildman–Crippen MR) is 60.8 cm³/mol. The second kappa shape index (κ2) is 3.89. The van der Waals surface area contributed by atoms with Crippen LogP contribution in [0.2, 0.25) is 0 Å². The van der Waals surface area contributed by atoms with Gasteiger partial charge in [0.2, 0.25) is 0 Å². The SMILES string of the molecule is COc1cccc2nc(C(C)=O)nc(C)c12. The summed E-state index contributed by atoms with van der Waals surface area (Å²) in [6.07, 6.45) is 0. The maximum absolute atomic E-state index is 11.2. The van der Waals surface area contributed by atoms with Crippen LogP contribution in [0, 0.1) is 6.92 Å². The third-order valence-corrected chi connectivity index (χ3v) is 2.40. The third kappa shape index (κ3) is 1.62. The molecule has 16 heavy (non-hydrogen) atoms. The average molecular weight is 216 g/mol. The Labute approximate surface area is 93.3 Å². The molecule has 0 fully saturated rings. The summed E-state index contributed by atoms with van der Waals surface area (Å²) in [4.78, 5) is 19.6. The highest BCUT2D eigenvalue weighted by Crippen LogP contribution is 2.26. The molecule has 0 aliphatic rings. The summed E-state index contributed by atoms with van der Waals surface area (Å²) in [5.41, 5.74) is 1.49. The lowest BCUT2D eigenvalue weighted by Crippen LogP contribution is -2.03. The van der Waals surface area contributed by atoms with Gasteiger partial charge in [0, 0.05) is 6.92 Å². The molecule has 0 atom stereocenters. The number of rotatable bonds is 2. The zero-order valence-electron chi connectivity index (χ0n) is 9.44. The molecule has 4 nitrogen and oxygen atoms in total. The maximum Gasteiger partial charge on any atom is 0.196 e. The Balaban J connectivity index is 2.80. The molecule has 2 aromatic rings. The molecular formula is C12H12N2O2. The summed E-state index contributed by atoms with van der Waals surface area (Å²) < 4.78 is 5.24. The van der Waals surface area contributed by atoms with Crippen molar-refractivity contribution in [2.45, 2.75) is 13.8 Å². The first-order valence-electron chi connectivity index (χ1n) is 4.95. The standard InChI is InChI=1S/C12H12N2O2/c1-7-11-9(5-4-6-10(11)16-3)14-12(13-7)8(2)15/h4-6H,1-3H3. The molecule has 0 spiro atoms. The minimum Gasteiger partial charge on any atom is -0.496 e. The van der Waals surface area contributed by atoms with Gasteiger partial charge in [0.25, 0.3) is 0 Å². The molecule has 0 bridgehead atoms. The molecule has 1 aromatic carbocycles. The van der Waals surface area contributed by atoms with Gasteiger partial charge in [-0.25, -0.2) is 9.97 Å². The van der Waals surface area contributed by atoms with Crippen molar-refractivity contribution in [1.29, 1.82) is 0 Å². The van der Waals surface area contributed by atoms with E-state index in [1.165, 1.54) is 6.92 Å². The van der Waals surface area contributed by atoms with E-state index >= 15 is 0 Å². The molecule has 2 rings (SSSR count). The minimum absolute atomic E-state index is 0.132. The molecular weight excluding hydrogens is 204 g/mol. The molecule has 0 saturated carbocycles. The van der Waals surface area contributed by atoms with E-state index in [-0.39, 0.29) is 11.6 Å². The zero-order valence-corrected chi connectivity index (χ0v) is 9.44. The second-order valence-corrected chi connectivity index (χ2v) is 3.54. The van der Waals surface area contributed by atoms with E-state index in [4.69, 9.17) is 4.74 Å². The minimum atomic E-state index is -0.132. The van der Waals surface area contributed by atoms with Crippen molar-refractivity contribution >= 4 is 16.7 Å². The van der Waals surface area contributed by atoms with Crippen LogP contribution in [0.5, 0.6) is 5.75 Å². The quantitative estimate of drug-likeness (QED) is 0.722. The molecule has 4 heteroatoms. The highest BCUT2D eigenvalue weighted by molar-refractivity contribution is 5.94. The number of fused-ring (bicyclic) bond motifs is 1. The number of ether oxygens (including phenoxy) is 1. The number of aryl methyl sites for hydroxylation is 1. The van der Waals surface area contributed by atoms with Crippen LogP contribution in [-0.4, -0.2) is 22.9 Å².